The van der Waals surface area contributed by atoms with Crippen LogP contribution in [0.3, 0.4) is 0 Å². The van der Waals surface area contributed by atoms with Crippen LogP contribution in [-0.4, -0.2) is 156 Å². The van der Waals surface area contributed by atoms with Crippen molar-refractivity contribution < 1.29 is 63.0 Å². The number of allylic oxidation sites excluding steroid dienone is 6. The summed E-state index contributed by atoms with van der Waals surface area (Å²) >= 11 is 0. The predicted octanol–water partition coefficient (Wildman–Crippen LogP) is 5.87. The summed E-state index contributed by atoms with van der Waals surface area (Å²) in [5, 5.41) is 34.2. The number of hydrogen-bond donors (Lipinski definition) is 3. The first-order chi connectivity index (χ1) is 32.8. The number of nitrogens with zero attached hydrogens (tertiary/aromatic N) is 2. The number of piperidine rings is 1. The molecule has 2 unspecified atom stereocenters. The van der Waals surface area contributed by atoms with Gasteiger partial charge in [-0.1, -0.05) is 76.6 Å². The summed E-state index contributed by atoms with van der Waals surface area (Å²) in [5.74, 6) is -7.86. The zero-order valence-electron chi connectivity index (χ0n) is 42.9. The fourth-order valence-corrected chi connectivity index (χ4v) is 11.2. The molecule has 3 saturated heterocycles. The van der Waals surface area contributed by atoms with E-state index in [1.807, 2.05) is 58.1 Å². The highest BCUT2D eigenvalue weighted by Gasteiger charge is 2.53. The number of fused-ring (bicyclic) bond motifs is 3. The predicted molar refractivity (Wildman–Crippen MR) is 261 cm³/mol. The Morgan fingerprint density at radius 1 is 0.826 bits per heavy atom. The van der Waals surface area contributed by atoms with Crippen molar-refractivity contribution in [3.8, 4) is 0 Å². The number of aliphatic hydroxyl groups excluding tert-OH is 2. The normalized spacial score (nSPS) is 40.4. The average Bonchev–Trinajstić information content (AvgIpc) is 3.33. The van der Waals surface area contributed by atoms with Gasteiger partial charge in [0.15, 0.2) is 5.78 Å². The van der Waals surface area contributed by atoms with Crippen molar-refractivity contribution in [2.24, 2.45) is 35.5 Å². The minimum Gasteiger partial charge on any atom is -0.460 e. The van der Waals surface area contributed by atoms with Crippen molar-refractivity contribution in [2.45, 2.75) is 180 Å². The summed E-state index contributed by atoms with van der Waals surface area (Å²) in [5.41, 5.74) is 1.44. The van der Waals surface area contributed by atoms with Crippen LogP contribution in [-0.2, 0) is 47.7 Å². The molecular weight excluding hydrogens is 885 g/mol. The molecule has 5 rings (SSSR count). The van der Waals surface area contributed by atoms with Gasteiger partial charge in [0.05, 0.1) is 31.5 Å². The first-order valence-corrected chi connectivity index (χ1v) is 25.7. The van der Waals surface area contributed by atoms with Gasteiger partial charge in [-0.05, 0) is 108 Å². The maximum Gasteiger partial charge on any atom is 0.329 e. The van der Waals surface area contributed by atoms with Gasteiger partial charge in [-0.2, -0.15) is 0 Å². The molecule has 15 heteroatoms. The van der Waals surface area contributed by atoms with Gasteiger partial charge < -0.3 is 43.9 Å². The molecule has 15 atom stereocenters. The van der Waals surface area contributed by atoms with Gasteiger partial charge in [-0.25, -0.2) is 4.79 Å². The Balaban J connectivity index is 1.49. The molecule has 5 aliphatic rings. The van der Waals surface area contributed by atoms with Gasteiger partial charge in [0.2, 0.25) is 5.79 Å². The topological polar surface area (TPSA) is 199 Å². The lowest BCUT2D eigenvalue weighted by molar-refractivity contribution is -0.265. The Morgan fingerprint density at radius 2 is 1.55 bits per heavy atom. The quantitative estimate of drug-likeness (QED) is 0.162. The molecule has 0 aromatic heterocycles. The Labute approximate surface area is 411 Å². The SMILES string of the molecule is CO[C@@H]1C[C@@H](CC(C)[C@@H]2CC(=O)[C@H](C)/C=C(\C)[C@@H](O)[C@@H](OC)C(=O)[C@H](C)C[C@H](C)/C=C/C=C/C=C(/C)[C@@H](N3CCOCC3)C[C@@H]3CC[C@@H](C)[C@@](O)(O3)C(=O)C(=O)N3CCCCC3C(=O)O2)CC[C@H]1O. The molecule has 0 aromatic carbocycles. The van der Waals surface area contributed by atoms with Crippen molar-refractivity contribution in [1.29, 1.82) is 0 Å². The van der Waals surface area contributed by atoms with Gasteiger partial charge in [0, 0.05) is 64.1 Å². The second-order valence-corrected chi connectivity index (χ2v) is 21.0. The minimum absolute atomic E-state index is 0.0234. The van der Waals surface area contributed by atoms with Crippen LogP contribution in [0, 0.1) is 35.5 Å². The first kappa shape index (κ1) is 56.5. The van der Waals surface area contributed by atoms with Crippen molar-refractivity contribution in [2.75, 3.05) is 47.1 Å². The number of aliphatic hydroxyl groups is 3. The summed E-state index contributed by atoms with van der Waals surface area (Å²) in [6, 6.07) is -1.25. The van der Waals surface area contributed by atoms with E-state index in [2.05, 4.69) is 4.90 Å². The van der Waals surface area contributed by atoms with Crippen LogP contribution in [0.25, 0.3) is 0 Å². The van der Waals surface area contributed by atoms with E-state index in [1.54, 1.807) is 34.0 Å². The maximum absolute atomic E-state index is 14.5. The number of ether oxygens (including phenoxy) is 5. The zero-order chi connectivity index (χ0) is 50.6. The second kappa shape index (κ2) is 26.3. The molecule has 2 bridgehead atoms. The number of amides is 1. The highest BCUT2D eigenvalue weighted by Crippen LogP contribution is 2.38. The van der Waals surface area contributed by atoms with Crippen LogP contribution in [0.15, 0.2) is 47.6 Å². The molecule has 1 saturated carbocycles. The monoisotopic (exact) mass is 969 g/mol. The van der Waals surface area contributed by atoms with Gasteiger partial charge in [0.25, 0.3) is 11.7 Å². The molecule has 0 radical (unpaired) electrons. The standard InChI is InChI=1S/C54H84N2O13/c1-33-15-11-10-12-16-34(2)43(55-23-25-67-26-24-55)31-41-20-18-39(7)54(64,69-41)51(61)52(62)56-22-14-13-17-42(56)53(63)68-46(36(4)29-40-19-21-44(57)47(30-40)65-8)32-45(58)35(3)28-38(6)49(60)50(66-9)48(59)37(5)27-33/h10-12,15-16,28,33,35-37,39-44,46-47,49-50,57,60,64H,13-14,17-27,29-32H2,1-9H3/b12-10+,15-11+,34-16-,38-28+/t33-,35-,36?,37-,39-,40-,41+,42?,43+,44-,46+,47-,49-,50+,54-/m1/s1. The third-order valence-corrected chi connectivity index (χ3v) is 15.7. The van der Waals surface area contributed by atoms with Crippen LogP contribution < -0.4 is 0 Å². The van der Waals surface area contributed by atoms with Gasteiger partial charge >= 0.3 is 5.97 Å². The van der Waals surface area contributed by atoms with Gasteiger partial charge in [-0.15, -0.1) is 0 Å². The number of Topliss-reactive ketones (excluding diaryl/α,β-unsaturated/α-hetero) is 3. The van der Waals surface area contributed by atoms with Crippen LogP contribution >= 0.6 is 0 Å². The number of esters is 1. The van der Waals surface area contributed by atoms with E-state index >= 15 is 0 Å². The first-order valence-electron chi connectivity index (χ1n) is 25.7. The van der Waals surface area contributed by atoms with Crippen LogP contribution in [0.5, 0.6) is 0 Å². The number of ketones is 3. The van der Waals surface area contributed by atoms with Crippen molar-refractivity contribution in [3.63, 3.8) is 0 Å². The molecule has 1 amide bonds. The smallest absolute Gasteiger partial charge is 0.329 e. The van der Waals surface area contributed by atoms with Crippen molar-refractivity contribution in [1.82, 2.24) is 9.80 Å². The van der Waals surface area contributed by atoms with Crippen LogP contribution in [0.1, 0.15) is 126 Å². The molecular formula is C54H84N2O13. The van der Waals surface area contributed by atoms with E-state index in [0.29, 0.717) is 89.7 Å². The Morgan fingerprint density at radius 3 is 2.25 bits per heavy atom. The third kappa shape index (κ3) is 14.8. The van der Waals surface area contributed by atoms with Crippen LogP contribution in [0.4, 0.5) is 0 Å². The molecule has 0 aromatic rings. The molecule has 4 heterocycles. The molecule has 4 aliphatic heterocycles. The lowest BCUT2D eigenvalue weighted by Gasteiger charge is -2.44. The molecule has 15 nitrogen and oxygen atoms in total. The number of methoxy groups -OCH3 is 2. The van der Waals surface area contributed by atoms with E-state index in [0.717, 1.165) is 12.0 Å². The number of carbonyl (C=O) groups is 5. The Kier molecular flexibility index (Phi) is 21.6. The molecule has 388 valence electrons. The second-order valence-electron chi connectivity index (χ2n) is 21.0. The third-order valence-electron chi connectivity index (χ3n) is 15.7. The molecule has 1 aliphatic carbocycles. The number of morpholine rings is 1. The molecule has 69 heavy (non-hydrogen) atoms. The zero-order valence-corrected chi connectivity index (χ0v) is 42.9. The largest absolute Gasteiger partial charge is 0.460 e. The Hall–Kier alpha value is -3.41. The highest BCUT2D eigenvalue weighted by atomic mass is 16.6. The lowest BCUT2D eigenvalue weighted by Crippen LogP contribution is -2.61. The molecule has 3 N–H and O–H groups in total. The number of rotatable bonds is 6. The minimum atomic E-state index is -2.42. The van der Waals surface area contributed by atoms with Gasteiger partial charge in [-0.3, -0.25) is 24.1 Å². The summed E-state index contributed by atoms with van der Waals surface area (Å²) < 4.78 is 29.5. The van der Waals surface area contributed by atoms with E-state index < -0.39 is 77.8 Å². The number of hydrogen-bond acceptors (Lipinski definition) is 14. The number of carbonyl (C=O) groups excluding carboxylic acids is 5. The Bertz CT molecular complexity index is 1870. The maximum atomic E-state index is 14.5. The van der Waals surface area contributed by atoms with E-state index in [4.69, 9.17) is 23.7 Å². The van der Waals surface area contributed by atoms with E-state index in [9.17, 15) is 39.3 Å². The summed E-state index contributed by atoms with van der Waals surface area (Å²) in [6.07, 6.45) is 12.3. The lowest BCUT2D eigenvalue weighted by atomic mass is 9.78. The summed E-state index contributed by atoms with van der Waals surface area (Å²) in [6.45, 7) is 15.5. The van der Waals surface area contributed by atoms with Crippen LogP contribution in [0.2, 0.25) is 0 Å². The summed E-state index contributed by atoms with van der Waals surface area (Å²) in [7, 11) is 2.96. The van der Waals surface area contributed by atoms with E-state index in [1.165, 1.54) is 12.0 Å². The summed E-state index contributed by atoms with van der Waals surface area (Å²) in [4.78, 5) is 74.8. The van der Waals surface area contributed by atoms with Crippen molar-refractivity contribution >= 4 is 29.2 Å². The number of cyclic esters (lactones) is 1. The average molecular weight is 969 g/mol. The van der Waals surface area contributed by atoms with Gasteiger partial charge in [0.1, 0.15) is 30.1 Å². The fourth-order valence-electron chi connectivity index (χ4n) is 11.2. The van der Waals surface area contributed by atoms with E-state index in [-0.39, 0.29) is 60.9 Å². The highest BCUT2D eigenvalue weighted by molar-refractivity contribution is 6.39. The molecule has 4 fully saturated rings. The fraction of sp³-hybridized carbons (Fsp3) is 0.759. The molecule has 0 spiro atoms. The van der Waals surface area contributed by atoms with Crippen molar-refractivity contribution in [3.05, 3.63) is 47.6 Å².